The number of carbonyl (C=O) groups is 2. The van der Waals surface area contributed by atoms with E-state index in [0.717, 1.165) is 6.08 Å². The van der Waals surface area contributed by atoms with Crippen molar-refractivity contribution in [3.05, 3.63) is 42.1 Å². The van der Waals surface area contributed by atoms with Crippen molar-refractivity contribution in [3.8, 4) is 0 Å². The second-order valence-electron chi connectivity index (χ2n) is 3.65. The molecule has 0 aliphatic carbocycles. The fourth-order valence-corrected chi connectivity index (χ4v) is 2.33. The van der Waals surface area contributed by atoms with Crippen LogP contribution in [0.5, 0.6) is 0 Å². The molecular formula is C11H10N2O5S. The highest BCUT2D eigenvalue weighted by Crippen LogP contribution is 2.07. The molecule has 2 amide bonds. The molecule has 0 bridgehead atoms. The van der Waals surface area contributed by atoms with Crippen LogP contribution in [0.3, 0.4) is 0 Å². The van der Waals surface area contributed by atoms with Crippen molar-refractivity contribution in [2.45, 2.75) is 4.90 Å². The largest absolute Gasteiger partial charge is 0.456 e. The minimum absolute atomic E-state index is 0.0297. The maximum Gasteiger partial charge on any atom is 0.333 e. The third-order valence-electron chi connectivity index (χ3n) is 2.22. The lowest BCUT2D eigenvalue weighted by molar-refractivity contribution is -0.134. The number of benzene rings is 1. The Labute approximate surface area is 109 Å². The van der Waals surface area contributed by atoms with E-state index in [1.807, 2.05) is 4.72 Å². The van der Waals surface area contributed by atoms with Crippen LogP contribution in [-0.2, 0) is 19.6 Å². The highest BCUT2D eigenvalue weighted by molar-refractivity contribution is 7.90. The summed E-state index contributed by atoms with van der Waals surface area (Å²) in [6, 6.07) is 6.50. The highest BCUT2D eigenvalue weighted by Gasteiger charge is 2.20. The number of urea groups is 1. The number of cyclic esters (lactones) is 1. The molecule has 1 heterocycles. The number of hydrogen-bond donors (Lipinski definition) is 2. The average Bonchev–Trinajstić information content (AvgIpc) is 2.75. The van der Waals surface area contributed by atoms with E-state index in [2.05, 4.69) is 10.1 Å². The molecule has 2 rings (SSSR count). The highest BCUT2D eigenvalue weighted by atomic mass is 32.2. The summed E-state index contributed by atoms with van der Waals surface area (Å²) in [5, 5.41) is 2.22. The summed E-state index contributed by atoms with van der Waals surface area (Å²) in [5.74, 6) is -0.582. The van der Waals surface area contributed by atoms with Crippen LogP contribution < -0.4 is 10.0 Å². The Balaban J connectivity index is 2.03. The van der Waals surface area contributed by atoms with E-state index in [1.54, 1.807) is 18.2 Å². The summed E-state index contributed by atoms with van der Waals surface area (Å²) in [7, 11) is -3.93. The number of rotatable bonds is 3. The van der Waals surface area contributed by atoms with Crippen molar-refractivity contribution in [3.63, 3.8) is 0 Å². The maximum atomic E-state index is 11.8. The van der Waals surface area contributed by atoms with Gasteiger partial charge in [-0.3, -0.25) is 0 Å². The predicted octanol–water partition coefficient (Wildman–Crippen LogP) is 0.115. The quantitative estimate of drug-likeness (QED) is 0.766. The predicted molar refractivity (Wildman–Crippen MR) is 64.3 cm³/mol. The second kappa shape index (κ2) is 5.11. The summed E-state index contributed by atoms with van der Waals surface area (Å²) in [6.07, 6.45) is 1.08. The number of amides is 2. The van der Waals surface area contributed by atoms with E-state index in [0.29, 0.717) is 0 Å². The molecule has 2 N–H and O–H groups in total. The number of esters is 1. The Morgan fingerprint density at radius 1 is 1.21 bits per heavy atom. The zero-order valence-electron chi connectivity index (χ0n) is 9.62. The SMILES string of the molecule is O=C(NC1=CC(=O)OC1)NS(=O)(=O)c1ccccc1. The van der Waals surface area contributed by atoms with Gasteiger partial charge in [0.15, 0.2) is 0 Å². The molecule has 0 unspecified atom stereocenters. The molecule has 0 fully saturated rings. The van der Waals surface area contributed by atoms with Crippen LogP contribution in [0.4, 0.5) is 4.79 Å². The van der Waals surface area contributed by atoms with Gasteiger partial charge in [-0.15, -0.1) is 0 Å². The van der Waals surface area contributed by atoms with Gasteiger partial charge in [0.05, 0.1) is 10.6 Å². The van der Waals surface area contributed by atoms with E-state index in [9.17, 15) is 18.0 Å². The molecule has 1 aromatic carbocycles. The van der Waals surface area contributed by atoms with Gasteiger partial charge in [0, 0.05) is 6.08 Å². The summed E-state index contributed by atoms with van der Waals surface area (Å²) in [4.78, 5) is 22.2. The van der Waals surface area contributed by atoms with Crippen LogP contribution in [0.1, 0.15) is 0 Å². The monoisotopic (exact) mass is 282 g/mol. The normalized spacial score (nSPS) is 14.5. The minimum atomic E-state index is -3.93. The van der Waals surface area contributed by atoms with Crippen LogP contribution in [0.25, 0.3) is 0 Å². The number of hydrogen-bond acceptors (Lipinski definition) is 5. The van der Waals surface area contributed by atoms with E-state index in [-0.39, 0.29) is 17.2 Å². The lowest BCUT2D eigenvalue weighted by Gasteiger charge is -2.08. The molecule has 0 radical (unpaired) electrons. The number of sulfonamides is 1. The van der Waals surface area contributed by atoms with Gasteiger partial charge < -0.3 is 10.1 Å². The van der Waals surface area contributed by atoms with Crippen molar-refractivity contribution in [2.75, 3.05) is 6.61 Å². The van der Waals surface area contributed by atoms with E-state index < -0.39 is 22.0 Å². The smallest absolute Gasteiger partial charge is 0.333 e. The molecule has 0 saturated heterocycles. The first-order valence-corrected chi connectivity index (χ1v) is 6.72. The fourth-order valence-electron chi connectivity index (χ4n) is 1.40. The topological polar surface area (TPSA) is 102 Å². The molecule has 19 heavy (non-hydrogen) atoms. The van der Waals surface area contributed by atoms with Gasteiger partial charge in [0.1, 0.15) is 6.61 Å². The minimum Gasteiger partial charge on any atom is -0.456 e. The van der Waals surface area contributed by atoms with Gasteiger partial charge >= 0.3 is 12.0 Å². The Kier molecular flexibility index (Phi) is 3.52. The number of nitrogens with one attached hydrogen (secondary N) is 2. The zero-order valence-corrected chi connectivity index (χ0v) is 10.4. The molecule has 0 atom stereocenters. The van der Waals surface area contributed by atoms with Gasteiger partial charge in [0.2, 0.25) is 0 Å². The maximum absolute atomic E-state index is 11.8. The van der Waals surface area contributed by atoms with Crippen molar-refractivity contribution >= 4 is 22.0 Å². The molecule has 1 aromatic rings. The lowest BCUT2D eigenvalue weighted by Crippen LogP contribution is -2.39. The molecule has 8 heteroatoms. The Bertz CT molecular complexity index is 636. The molecule has 7 nitrogen and oxygen atoms in total. The van der Waals surface area contributed by atoms with E-state index in [4.69, 9.17) is 0 Å². The van der Waals surface area contributed by atoms with Gasteiger partial charge in [-0.05, 0) is 12.1 Å². The third-order valence-corrected chi connectivity index (χ3v) is 3.56. The van der Waals surface area contributed by atoms with Gasteiger partial charge in [0.25, 0.3) is 10.0 Å². The average molecular weight is 282 g/mol. The molecule has 1 aliphatic heterocycles. The van der Waals surface area contributed by atoms with Crippen molar-refractivity contribution in [2.24, 2.45) is 0 Å². The van der Waals surface area contributed by atoms with Gasteiger partial charge in [-0.1, -0.05) is 18.2 Å². The van der Waals surface area contributed by atoms with Crippen molar-refractivity contribution < 1.29 is 22.7 Å². The van der Waals surface area contributed by atoms with Crippen molar-refractivity contribution in [1.82, 2.24) is 10.0 Å². The second-order valence-corrected chi connectivity index (χ2v) is 5.33. The first-order valence-electron chi connectivity index (χ1n) is 5.23. The zero-order chi connectivity index (χ0) is 13.9. The van der Waals surface area contributed by atoms with Gasteiger partial charge in [-0.2, -0.15) is 0 Å². The standard InChI is InChI=1S/C11H10N2O5S/c14-10-6-8(7-18-10)12-11(15)13-19(16,17)9-4-2-1-3-5-9/h1-6H,7H2,(H2,12,13,15). The van der Waals surface area contributed by atoms with Crippen LogP contribution in [-0.4, -0.2) is 27.0 Å². The van der Waals surface area contributed by atoms with Crippen LogP contribution in [0, 0.1) is 0 Å². The fraction of sp³-hybridized carbons (Fsp3) is 0.0909. The van der Waals surface area contributed by atoms with Crippen LogP contribution >= 0.6 is 0 Å². The van der Waals surface area contributed by atoms with Crippen LogP contribution in [0.15, 0.2) is 47.0 Å². The first-order chi connectivity index (χ1) is 8.97. The third kappa shape index (κ3) is 3.32. The Hall–Kier alpha value is -2.35. The molecule has 1 aliphatic rings. The lowest BCUT2D eigenvalue weighted by atomic mass is 10.4. The molecule has 100 valence electrons. The van der Waals surface area contributed by atoms with Gasteiger partial charge in [-0.25, -0.2) is 22.7 Å². The molecule has 0 aromatic heterocycles. The molecule has 0 saturated carbocycles. The summed E-state index contributed by atoms with van der Waals surface area (Å²) in [5.41, 5.74) is 0.200. The van der Waals surface area contributed by atoms with Crippen molar-refractivity contribution in [1.29, 1.82) is 0 Å². The van der Waals surface area contributed by atoms with Crippen LogP contribution in [0.2, 0.25) is 0 Å². The van der Waals surface area contributed by atoms with E-state index >= 15 is 0 Å². The molecular weight excluding hydrogens is 272 g/mol. The summed E-state index contributed by atoms with van der Waals surface area (Å²) >= 11 is 0. The number of ether oxygens (including phenoxy) is 1. The number of carbonyl (C=O) groups excluding carboxylic acids is 2. The van der Waals surface area contributed by atoms with E-state index in [1.165, 1.54) is 12.1 Å². The molecule has 0 spiro atoms. The first kappa shape index (κ1) is 13.1. The summed E-state index contributed by atoms with van der Waals surface area (Å²) in [6.45, 7) is -0.0857. The Morgan fingerprint density at radius 3 is 2.47 bits per heavy atom. The Morgan fingerprint density at radius 2 is 1.89 bits per heavy atom. The summed E-state index contributed by atoms with van der Waals surface area (Å²) < 4.78 is 30.0.